The number of H-pyrrole nitrogens is 1. The smallest absolute Gasteiger partial charge is 0.227 e. The van der Waals surface area contributed by atoms with Gasteiger partial charge in [-0.25, -0.2) is 4.98 Å². The highest BCUT2D eigenvalue weighted by molar-refractivity contribution is 7.71. The number of thiophene rings is 1. The molecule has 9 heteroatoms. The van der Waals surface area contributed by atoms with Crippen molar-refractivity contribution in [1.29, 1.82) is 0 Å². The number of carbonyl (C=O) groups is 1. The first-order valence-corrected chi connectivity index (χ1v) is 8.71. The molecule has 3 heterocycles. The zero-order valence-corrected chi connectivity index (χ0v) is 14.1. The molecule has 1 amide bonds. The van der Waals surface area contributed by atoms with Gasteiger partial charge >= 0.3 is 0 Å². The largest absolute Gasteiger partial charge is 0.302 e. The molecule has 3 rings (SSSR count). The van der Waals surface area contributed by atoms with Gasteiger partial charge in [0.2, 0.25) is 5.91 Å². The second-order valence-electron chi connectivity index (χ2n) is 4.57. The summed E-state index contributed by atoms with van der Waals surface area (Å²) in [5.74, 6) is 0.674. The van der Waals surface area contributed by atoms with Crippen molar-refractivity contribution in [3.8, 4) is 10.7 Å². The fourth-order valence-electron chi connectivity index (χ4n) is 1.93. The Kier molecular flexibility index (Phi) is 4.46. The molecule has 6 nitrogen and oxygen atoms in total. The highest BCUT2D eigenvalue weighted by Gasteiger charge is 2.12. The number of aromatic amines is 1. The maximum absolute atomic E-state index is 12.0. The van der Waals surface area contributed by atoms with E-state index in [1.54, 1.807) is 11.3 Å². The van der Waals surface area contributed by atoms with Crippen molar-refractivity contribution in [3.63, 3.8) is 0 Å². The van der Waals surface area contributed by atoms with E-state index in [1.165, 1.54) is 11.3 Å². The molecular formula is C13H13N5OS3. The molecule has 0 fully saturated rings. The van der Waals surface area contributed by atoms with Gasteiger partial charge in [-0.2, -0.15) is 5.10 Å². The van der Waals surface area contributed by atoms with E-state index in [-0.39, 0.29) is 5.91 Å². The number of anilines is 1. The molecule has 3 aromatic heterocycles. The molecule has 0 unspecified atom stereocenters. The van der Waals surface area contributed by atoms with E-state index in [0.29, 0.717) is 22.9 Å². The van der Waals surface area contributed by atoms with Gasteiger partial charge in [-0.3, -0.25) is 14.5 Å². The van der Waals surface area contributed by atoms with Crippen LogP contribution in [0, 0.1) is 11.7 Å². The number of carbonyl (C=O) groups excluding carboxylic acids is 1. The summed E-state index contributed by atoms with van der Waals surface area (Å²) < 4.78 is 2.36. The number of rotatable bonds is 5. The minimum atomic E-state index is -0.0884. The summed E-state index contributed by atoms with van der Waals surface area (Å²) in [6.07, 6.45) is 0.310. The average molecular weight is 351 g/mol. The third kappa shape index (κ3) is 3.32. The van der Waals surface area contributed by atoms with Gasteiger partial charge in [0, 0.05) is 18.3 Å². The van der Waals surface area contributed by atoms with Gasteiger partial charge in [-0.1, -0.05) is 6.07 Å². The van der Waals surface area contributed by atoms with E-state index in [0.717, 1.165) is 16.4 Å². The van der Waals surface area contributed by atoms with Crippen LogP contribution in [0.4, 0.5) is 5.13 Å². The van der Waals surface area contributed by atoms with E-state index in [1.807, 2.05) is 34.4 Å². The average Bonchev–Trinajstić information content (AvgIpc) is 3.19. The highest BCUT2D eigenvalue weighted by Crippen LogP contribution is 2.23. The fourth-order valence-corrected chi connectivity index (χ4v) is 3.58. The van der Waals surface area contributed by atoms with Crippen LogP contribution in [0.1, 0.15) is 12.1 Å². The van der Waals surface area contributed by atoms with Crippen molar-refractivity contribution in [3.05, 3.63) is 33.4 Å². The van der Waals surface area contributed by atoms with E-state index >= 15 is 0 Å². The zero-order chi connectivity index (χ0) is 15.5. The van der Waals surface area contributed by atoms with Crippen molar-refractivity contribution < 1.29 is 4.79 Å². The Bertz CT molecular complexity index is 830. The van der Waals surface area contributed by atoms with E-state index in [4.69, 9.17) is 12.2 Å². The quantitative estimate of drug-likeness (QED) is 0.690. The number of thiazole rings is 1. The van der Waals surface area contributed by atoms with Crippen molar-refractivity contribution >= 4 is 45.9 Å². The monoisotopic (exact) mass is 351 g/mol. The first-order chi connectivity index (χ1) is 10.6. The number of hydrogen-bond donors (Lipinski definition) is 2. The maximum atomic E-state index is 12.0. The molecular weight excluding hydrogens is 338 g/mol. The Hall–Kier alpha value is -1.84. The molecule has 0 aliphatic carbocycles. The van der Waals surface area contributed by atoms with Gasteiger partial charge in [0.05, 0.1) is 10.6 Å². The Morgan fingerprint density at radius 1 is 1.50 bits per heavy atom. The van der Waals surface area contributed by atoms with Crippen molar-refractivity contribution in [2.24, 2.45) is 0 Å². The van der Waals surface area contributed by atoms with Gasteiger partial charge in [-0.15, -0.1) is 22.7 Å². The van der Waals surface area contributed by atoms with Crippen LogP contribution in [0.5, 0.6) is 0 Å². The highest BCUT2D eigenvalue weighted by atomic mass is 32.1. The van der Waals surface area contributed by atoms with Gasteiger partial charge in [0.15, 0.2) is 15.7 Å². The Labute approximate surface area is 139 Å². The lowest BCUT2D eigenvalue weighted by atomic mass is 10.3. The summed E-state index contributed by atoms with van der Waals surface area (Å²) in [6, 6.07) is 3.93. The third-order valence-corrected chi connectivity index (χ3v) is 4.98. The SMILES string of the molecule is Cc1csc(NC(=O)CCn2c(-c3cccs3)n[nH]c2=S)n1. The normalized spacial score (nSPS) is 10.8. The summed E-state index contributed by atoms with van der Waals surface area (Å²) in [7, 11) is 0. The first-order valence-electron chi connectivity index (χ1n) is 6.54. The van der Waals surface area contributed by atoms with E-state index < -0.39 is 0 Å². The molecule has 0 bridgehead atoms. The Balaban J connectivity index is 1.68. The minimum absolute atomic E-state index is 0.0884. The third-order valence-electron chi connectivity index (χ3n) is 2.93. The van der Waals surface area contributed by atoms with Gasteiger partial charge in [0.1, 0.15) is 0 Å². The van der Waals surface area contributed by atoms with Crippen LogP contribution < -0.4 is 5.32 Å². The summed E-state index contributed by atoms with van der Waals surface area (Å²) in [5.41, 5.74) is 0.900. The minimum Gasteiger partial charge on any atom is -0.302 e. The Morgan fingerprint density at radius 2 is 2.36 bits per heavy atom. The molecule has 3 aromatic rings. The van der Waals surface area contributed by atoms with Crippen LogP contribution in [-0.2, 0) is 11.3 Å². The number of hydrogen-bond acceptors (Lipinski definition) is 6. The lowest BCUT2D eigenvalue weighted by molar-refractivity contribution is -0.116. The molecule has 0 saturated heterocycles. The fraction of sp³-hybridized carbons (Fsp3) is 0.231. The maximum Gasteiger partial charge on any atom is 0.227 e. The number of nitrogens with zero attached hydrogens (tertiary/aromatic N) is 3. The van der Waals surface area contributed by atoms with Gasteiger partial charge in [-0.05, 0) is 30.6 Å². The summed E-state index contributed by atoms with van der Waals surface area (Å²) in [6.45, 7) is 2.36. The number of aryl methyl sites for hydroxylation is 1. The molecule has 114 valence electrons. The van der Waals surface area contributed by atoms with Crippen LogP contribution in [-0.4, -0.2) is 25.7 Å². The van der Waals surface area contributed by atoms with E-state index in [2.05, 4.69) is 20.5 Å². The summed E-state index contributed by atoms with van der Waals surface area (Å²) >= 11 is 8.24. The predicted octanol–water partition coefficient (Wildman–Crippen LogP) is 3.46. The van der Waals surface area contributed by atoms with Crippen LogP contribution in [0.25, 0.3) is 10.7 Å². The van der Waals surface area contributed by atoms with Crippen LogP contribution >= 0.6 is 34.9 Å². The topological polar surface area (TPSA) is 75.6 Å². The summed E-state index contributed by atoms with van der Waals surface area (Å²) in [5, 5.41) is 14.3. The molecule has 0 aliphatic rings. The van der Waals surface area contributed by atoms with Crippen LogP contribution in [0.15, 0.2) is 22.9 Å². The second kappa shape index (κ2) is 6.51. The number of aromatic nitrogens is 4. The molecule has 0 atom stereocenters. The van der Waals surface area contributed by atoms with Crippen molar-refractivity contribution in [1.82, 2.24) is 19.7 Å². The van der Waals surface area contributed by atoms with Crippen molar-refractivity contribution in [2.75, 3.05) is 5.32 Å². The number of amides is 1. The molecule has 0 spiro atoms. The van der Waals surface area contributed by atoms with Gasteiger partial charge in [0.25, 0.3) is 0 Å². The lowest BCUT2D eigenvalue weighted by Gasteiger charge is -2.05. The lowest BCUT2D eigenvalue weighted by Crippen LogP contribution is -2.14. The van der Waals surface area contributed by atoms with Crippen LogP contribution in [0.3, 0.4) is 0 Å². The predicted molar refractivity (Wildman–Crippen MR) is 90.8 cm³/mol. The van der Waals surface area contributed by atoms with Crippen LogP contribution in [0.2, 0.25) is 0 Å². The van der Waals surface area contributed by atoms with Crippen molar-refractivity contribution in [2.45, 2.75) is 19.9 Å². The van der Waals surface area contributed by atoms with E-state index in [9.17, 15) is 4.79 Å². The molecule has 22 heavy (non-hydrogen) atoms. The van der Waals surface area contributed by atoms with Gasteiger partial charge < -0.3 is 5.32 Å². The first kappa shape index (κ1) is 15.1. The number of nitrogens with one attached hydrogen (secondary N) is 2. The summed E-state index contributed by atoms with van der Waals surface area (Å²) in [4.78, 5) is 17.2. The molecule has 0 aliphatic heterocycles. The zero-order valence-electron chi connectivity index (χ0n) is 11.7. The molecule has 2 N–H and O–H groups in total. The second-order valence-corrected chi connectivity index (χ2v) is 6.77. The Morgan fingerprint density at radius 3 is 3.05 bits per heavy atom. The molecule has 0 saturated carbocycles. The standard InChI is InChI=1S/C13H13N5OS3/c1-8-7-22-12(14-8)15-10(19)4-5-18-11(16-17-13(18)20)9-3-2-6-21-9/h2-3,6-7H,4-5H2,1H3,(H,17,20)(H,14,15,19). The molecule has 0 radical (unpaired) electrons. The molecule has 0 aromatic carbocycles.